The number of ether oxygens (including phenoxy) is 2. The number of carbonyl (C=O) groups is 2. The molecule has 0 heterocycles. The molecule has 0 bridgehead atoms. The molecule has 1 aromatic carbocycles. The van der Waals surface area contributed by atoms with Crippen LogP contribution >= 0.6 is 34.4 Å². The third-order valence-corrected chi connectivity index (χ3v) is 4.40. The van der Waals surface area contributed by atoms with Gasteiger partial charge in [0.25, 0.3) is 0 Å². The van der Waals surface area contributed by atoms with E-state index in [1.807, 2.05) is 31.2 Å². The van der Waals surface area contributed by atoms with Crippen LogP contribution in [0.1, 0.15) is 26.3 Å². The lowest BCUT2D eigenvalue weighted by molar-refractivity contribution is -0.137. The summed E-state index contributed by atoms with van der Waals surface area (Å²) < 4.78 is 11.6. The first kappa shape index (κ1) is 20.8. The molecule has 0 unspecified atom stereocenters. The number of allylic oxidation sites excluding steroid dienone is 1. The van der Waals surface area contributed by atoms with Crippen molar-refractivity contribution in [2.45, 2.75) is 20.8 Å². The van der Waals surface area contributed by atoms with Gasteiger partial charge in [-0.3, -0.25) is 4.79 Å². The fourth-order valence-corrected chi connectivity index (χ4v) is 2.78. The molecule has 0 amide bonds. The maximum atomic E-state index is 11.7. The topological polar surface area (TPSA) is 52.6 Å². The summed E-state index contributed by atoms with van der Waals surface area (Å²) in [6.07, 6.45) is 3.12. The Morgan fingerprint density at radius 2 is 1.71 bits per heavy atom. The predicted molar refractivity (Wildman–Crippen MR) is 107 cm³/mol. The quantitative estimate of drug-likeness (QED) is 0.189. The lowest BCUT2D eigenvalue weighted by atomic mass is 10.1. The van der Waals surface area contributed by atoms with Gasteiger partial charge in [0.2, 0.25) is 0 Å². The Bertz CT molecular complexity index is 620. The Kier molecular flexibility index (Phi) is 9.78. The molecule has 6 heteroatoms. The standard InChI is InChI=1S/C18H21IO4S/c1-4-22-17(11-18(21)23-5-2)10-15(12-24-13(3)20)14-6-8-16(19)9-7-14/h6-11H,4-5,12H2,1-3H3/b15-10-,17-11+. The van der Waals surface area contributed by atoms with E-state index in [0.29, 0.717) is 24.7 Å². The molecule has 0 aromatic heterocycles. The van der Waals surface area contributed by atoms with E-state index in [1.165, 1.54) is 24.8 Å². The molecule has 0 aliphatic rings. The zero-order chi connectivity index (χ0) is 17.9. The number of carbonyl (C=O) groups excluding carboxylic acids is 2. The van der Waals surface area contributed by atoms with Crippen LogP contribution in [0.2, 0.25) is 0 Å². The second-order valence-corrected chi connectivity index (χ2v) is 7.09. The number of benzene rings is 1. The van der Waals surface area contributed by atoms with Gasteiger partial charge >= 0.3 is 5.97 Å². The first-order valence-electron chi connectivity index (χ1n) is 7.57. The summed E-state index contributed by atoms with van der Waals surface area (Å²) in [5, 5.41) is 0.0405. The maximum Gasteiger partial charge on any atom is 0.334 e. The molecule has 0 radical (unpaired) electrons. The molecule has 0 aliphatic heterocycles. The van der Waals surface area contributed by atoms with Crippen molar-refractivity contribution in [1.29, 1.82) is 0 Å². The molecule has 0 spiro atoms. The molecule has 1 rings (SSSR count). The number of esters is 1. The zero-order valence-corrected chi connectivity index (χ0v) is 17.0. The summed E-state index contributed by atoms with van der Waals surface area (Å²) in [4.78, 5) is 23.0. The molecular formula is C18H21IO4S. The van der Waals surface area contributed by atoms with Crippen LogP contribution in [-0.2, 0) is 19.1 Å². The summed E-state index contributed by atoms with van der Waals surface area (Å²) in [6.45, 7) is 5.88. The smallest absolute Gasteiger partial charge is 0.334 e. The summed E-state index contributed by atoms with van der Waals surface area (Å²) in [5.41, 5.74) is 1.90. The fraction of sp³-hybridized carbons (Fsp3) is 0.333. The number of thioether (sulfide) groups is 1. The van der Waals surface area contributed by atoms with Gasteiger partial charge in [0, 0.05) is 16.2 Å². The van der Waals surface area contributed by atoms with Gasteiger partial charge in [-0.05, 0) is 65.8 Å². The average molecular weight is 460 g/mol. The van der Waals surface area contributed by atoms with Crippen LogP contribution in [0.3, 0.4) is 0 Å². The largest absolute Gasteiger partial charge is 0.494 e. The molecule has 0 saturated heterocycles. The van der Waals surface area contributed by atoms with Gasteiger partial charge in [-0.2, -0.15) is 0 Å². The van der Waals surface area contributed by atoms with Gasteiger partial charge in [0.05, 0.1) is 19.3 Å². The highest BCUT2D eigenvalue weighted by molar-refractivity contribution is 14.1. The van der Waals surface area contributed by atoms with Crippen molar-refractivity contribution in [3.63, 3.8) is 0 Å². The van der Waals surface area contributed by atoms with Crippen LogP contribution in [0, 0.1) is 3.57 Å². The minimum absolute atomic E-state index is 0.0405. The first-order valence-corrected chi connectivity index (χ1v) is 9.63. The molecule has 0 atom stereocenters. The highest BCUT2D eigenvalue weighted by atomic mass is 127. The van der Waals surface area contributed by atoms with E-state index in [-0.39, 0.29) is 5.12 Å². The van der Waals surface area contributed by atoms with E-state index in [2.05, 4.69) is 22.6 Å². The van der Waals surface area contributed by atoms with E-state index in [4.69, 9.17) is 9.47 Å². The Morgan fingerprint density at radius 1 is 1.08 bits per heavy atom. The third-order valence-electron chi connectivity index (χ3n) is 2.82. The first-order chi connectivity index (χ1) is 11.5. The van der Waals surface area contributed by atoms with Gasteiger partial charge in [-0.25, -0.2) is 4.79 Å². The van der Waals surface area contributed by atoms with Crippen LogP contribution in [0.15, 0.2) is 42.2 Å². The molecule has 130 valence electrons. The third kappa shape index (κ3) is 8.01. The molecule has 0 fully saturated rings. The highest BCUT2D eigenvalue weighted by Gasteiger charge is 2.08. The van der Waals surface area contributed by atoms with E-state index >= 15 is 0 Å². The Labute approximate surface area is 160 Å². The lowest BCUT2D eigenvalue weighted by Crippen LogP contribution is -2.03. The molecule has 1 aromatic rings. The van der Waals surface area contributed by atoms with Crippen LogP contribution < -0.4 is 0 Å². The van der Waals surface area contributed by atoms with Crippen molar-refractivity contribution < 1.29 is 19.1 Å². The number of hydrogen-bond acceptors (Lipinski definition) is 5. The second kappa shape index (κ2) is 11.3. The monoisotopic (exact) mass is 460 g/mol. The van der Waals surface area contributed by atoms with Gasteiger partial charge in [0.15, 0.2) is 5.12 Å². The highest BCUT2D eigenvalue weighted by Crippen LogP contribution is 2.23. The van der Waals surface area contributed by atoms with Crippen LogP contribution in [-0.4, -0.2) is 30.1 Å². The molecule has 0 aliphatic carbocycles. The van der Waals surface area contributed by atoms with Crippen molar-refractivity contribution in [2.24, 2.45) is 0 Å². The molecule has 24 heavy (non-hydrogen) atoms. The number of halogens is 1. The van der Waals surface area contributed by atoms with Crippen LogP contribution in [0.4, 0.5) is 0 Å². The Balaban J connectivity index is 3.16. The average Bonchev–Trinajstić information content (AvgIpc) is 2.52. The number of hydrogen-bond donors (Lipinski definition) is 0. The van der Waals surface area contributed by atoms with E-state index in [9.17, 15) is 9.59 Å². The zero-order valence-electron chi connectivity index (χ0n) is 14.0. The molecule has 0 N–H and O–H groups in total. The predicted octanol–water partition coefficient (Wildman–Crippen LogP) is 4.44. The van der Waals surface area contributed by atoms with Crippen molar-refractivity contribution in [3.05, 3.63) is 51.3 Å². The molecular weight excluding hydrogens is 439 g/mol. The molecule has 4 nitrogen and oxygen atoms in total. The molecule has 0 saturated carbocycles. The van der Waals surface area contributed by atoms with E-state index in [0.717, 1.165) is 14.7 Å². The van der Waals surface area contributed by atoms with Gasteiger partial charge in [0.1, 0.15) is 5.76 Å². The Hall–Kier alpha value is -1.28. The Morgan fingerprint density at radius 3 is 2.25 bits per heavy atom. The van der Waals surface area contributed by atoms with Crippen molar-refractivity contribution >= 4 is 51.0 Å². The van der Waals surface area contributed by atoms with Gasteiger partial charge in [-0.15, -0.1) is 0 Å². The summed E-state index contributed by atoms with van der Waals surface area (Å²) in [6, 6.07) is 7.97. The van der Waals surface area contributed by atoms with E-state index in [1.54, 1.807) is 13.0 Å². The minimum atomic E-state index is -0.446. The van der Waals surface area contributed by atoms with Crippen LogP contribution in [0.25, 0.3) is 5.57 Å². The summed E-state index contributed by atoms with van der Waals surface area (Å²) in [5.74, 6) is 0.482. The van der Waals surface area contributed by atoms with E-state index < -0.39 is 5.97 Å². The van der Waals surface area contributed by atoms with Crippen LogP contribution in [0.5, 0.6) is 0 Å². The normalized spacial score (nSPS) is 12.0. The SMILES string of the molecule is CCOC(=O)/C=C(\C=C(\CSC(C)=O)c1ccc(I)cc1)OCC. The maximum absolute atomic E-state index is 11.7. The van der Waals surface area contributed by atoms with Crippen molar-refractivity contribution in [2.75, 3.05) is 19.0 Å². The summed E-state index contributed by atoms with van der Waals surface area (Å²) in [7, 11) is 0. The van der Waals surface area contributed by atoms with Gasteiger partial charge < -0.3 is 9.47 Å². The van der Waals surface area contributed by atoms with Crippen molar-refractivity contribution in [1.82, 2.24) is 0 Å². The van der Waals surface area contributed by atoms with Crippen molar-refractivity contribution in [3.8, 4) is 0 Å². The lowest BCUT2D eigenvalue weighted by Gasteiger charge is -2.10. The number of rotatable bonds is 8. The summed E-state index contributed by atoms with van der Waals surface area (Å²) >= 11 is 3.46. The fourth-order valence-electron chi connectivity index (χ4n) is 1.82. The van der Waals surface area contributed by atoms with Gasteiger partial charge in [-0.1, -0.05) is 23.9 Å². The minimum Gasteiger partial charge on any atom is -0.494 e. The second-order valence-electron chi connectivity index (χ2n) is 4.69.